The van der Waals surface area contributed by atoms with E-state index in [0.717, 1.165) is 18.1 Å². The van der Waals surface area contributed by atoms with E-state index in [1.165, 1.54) is 19.3 Å². The van der Waals surface area contributed by atoms with Gasteiger partial charge >= 0.3 is 0 Å². The predicted molar refractivity (Wildman–Crippen MR) is 82.6 cm³/mol. The van der Waals surface area contributed by atoms with Crippen molar-refractivity contribution in [1.82, 2.24) is 9.97 Å². The van der Waals surface area contributed by atoms with Gasteiger partial charge in [-0.25, -0.2) is 4.98 Å². The third kappa shape index (κ3) is 4.23. The molecular weight excluding hydrogens is 274 g/mol. The minimum Gasteiger partial charge on any atom is -0.475 e. The van der Waals surface area contributed by atoms with Gasteiger partial charge in [-0.15, -0.1) is 11.6 Å². The Labute approximate surface area is 126 Å². The highest BCUT2D eigenvalue weighted by atomic mass is 35.5. The van der Waals surface area contributed by atoms with Crippen molar-refractivity contribution >= 4 is 17.5 Å². The van der Waals surface area contributed by atoms with Crippen molar-refractivity contribution in [3.8, 4) is 5.88 Å². The third-order valence-electron chi connectivity index (χ3n) is 3.72. The maximum atomic E-state index is 6.01. The molecule has 0 spiro atoms. The molecule has 4 nitrogen and oxygen atoms in total. The summed E-state index contributed by atoms with van der Waals surface area (Å²) in [5, 5.41) is 3.34. The van der Waals surface area contributed by atoms with Gasteiger partial charge in [-0.2, -0.15) is 4.98 Å². The van der Waals surface area contributed by atoms with Crippen LogP contribution in [0.3, 0.4) is 0 Å². The van der Waals surface area contributed by atoms with Gasteiger partial charge in [0.2, 0.25) is 11.8 Å². The molecule has 1 aliphatic carbocycles. The fourth-order valence-corrected chi connectivity index (χ4v) is 3.13. The van der Waals surface area contributed by atoms with Crippen LogP contribution in [0.4, 0.5) is 5.95 Å². The first kappa shape index (κ1) is 15.4. The van der Waals surface area contributed by atoms with Gasteiger partial charge in [0, 0.05) is 24.2 Å². The maximum Gasteiger partial charge on any atom is 0.226 e. The summed E-state index contributed by atoms with van der Waals surface area (Å²) in [5.74, 6) is 3.30. The SMILES string of the molecule is Cc1cc(OC(C)C)nc(NCC2CCCC2CCl)n1. The molecule has 0 bridgehead atoms. The van der Waals surface area contributed by atoms with Crippen molar-refractivity contribution in [2.75, 3.05) is 17.7 Å². The molecule has 20 heavy (non-hydrogen) atoms. The van der Waals surface area contributed by atoms with Crippen molar-refractivity contribution in [2.45, 2.75) is 46.1 Å². The summed E-state index contributed by atoms with van der Waals surface area (Å²) in [7, 11) is 0. The number of hydrogen-bond donors (Lipinski definition) is 1. The second kappa shape index (κ2) is 7.11. The molecule has 0 saturated heterocycles. The summed E-state index contributed by atoms with van der Waals surface area (Å²) in [6.45, 7) is 6.83. The van der Waals surface area contributed by atoms with Crippen LogP contribution in [0.2, 0.25) is 0 Å². The molecule has 2 rings (SSSR count). The molecule has 1 aromatic heterocycles. The summed E-state index contributed by atoms with van der Waals surface area (Å²) in [6, 6.07) is 1.86. The lowest BCUT2D eigenvalue weighted by molar-refractivity contribution is 0.232. The average molecular weight is 298 g/mol. The quantitative estimate of drug-likeness (QED) is 0.814. The van der Waals surface area contributed by atoms with Crippen LogP contribution >= 0.6 is 11.6 Å². The Bertz CT molecular complexity index is 439. The smallest absolute Gasteiger partial charge is 0.226 e. The number of hydrogen-bond acceptors (Lipinski definition) is 4. The van der Waals surface area contributed by atoms with Crippen molar-refractivity contribution in [2.24, 2.45) is 11.8 Å². The monoisotopic (exact) mass is 297 g/mol. The lowest BCUT2D eigenvalue weighted by Gasteiger charge is -2.18. The molecule has 1 heterocycles. The van der Waals surface area contributed by atoms with Crippen LogP contribution in [0.5, 0.6) is 5.88 Å². The van der Waals surface area contributed by atoms with Crippen molar-refractivity contribution in [3.05, 3.63) is 11.8 Å². The van der Waals surface area contributed by atoms with Gasteiger partial charge in [0.25, 0.3) is 0 Å². The first-order chi connectivity index (χ1) is 9.58. The van der Waals surface area contributed by atoms with E-state index in [4.69, 9.17) is 16.3 Å². The molecular formula is C15H24ClN3O. The van der Waals surface area contributed by atoms with Gasteiger partial charge in [0.15, 0.2) is 0 Å². The van der Waals surface area contributed by atoms with E-state index in [9.17, 15) is 0 Å². The summed E-state index contributed by atoms with van der Waals surface area (Å²) in [4.78, 5) is 8.83. The van der Waals surface area contributed by atoms with Crippen LogP contribution in [-0.4, -0.2) is 28.5 Å². The summed E-state index contributed by atoms with van der Waals surface area (Å²) < 4.78 is 5.64. The van der Waals surface area contributed by atoms with Crippen LogP contribution in [0.1, 0.15) is 38.8 Å². The fraction of sp³-hybridized carbons (Fsp3) is 0.733. The van der Waals surface area contributed by atoms with Crippen LogP contribution in [0, 0.1) is 18.8 Å². The zero-order valence-electron chi connectivity index (χ0n) is 12.5. The number of ether oxygens (including phenoxy) is 1. The molecule has 1 aromatic rings. The fourth-order valence-electron chi connectivity index (χ4n) is 2.73. The molecule has 1 N–H and O–H groups in total. The first-order valence-corrected chi connectivity index (χ1v) is 7.94. The minimum absolute atomic E-state index is 0.118. The Morgan fingerprint density at radius 2 is 2.10 bits per heavy atom. The summed E-state index contributed by atoms with van der Waals surface area (Å²) in [5.41, 5.74) is 0.915. The Balaban J connectivity index is 1.96. The molecule has 2 unspecified atom stereocenters. The highest BCUT2D eigenvalue weighted by Gasteiger charge is 2.26. The van der Waals surface area contributed by atoms with E-state index >= 15 is 0 Å². The van der Waals surface area contributed by atoms with Crippen LogP contribution in [-0.2, 0) is 0 Å². The highest BCUT2D eigenvalue weighted by molar-refractivity contribution is 6.18. The normalized spacial score (nSPS) is 22.2. The molecule has 0 amide bonds. The molecule has 1 saturated carbocycles. The zero-order valence-corrected chi connectivity index (χ0v) is 13.3. The number of aromatic nitrogens is 2. The van der Waals surface area contributed by atoms with Crippen molar-refractivity contribution in [3.63, 3.8) is 0 Å². The lowest BCUT2D eigenvalue weighted by Crippen LogP contribution is -2.20. The lowest BCUT2D eigenvalue weighted by atomic mass is 9.98. The summed E-state index contributed by atoms with van der Waals surface area (Å²) in [6.07, 6.45) is 3.88. The molecule has 112 valence electrons. The minimum atomic E-state index is 0.118. The second-order valence-electron chi connectivity index (χ2n) is 5.82. The van der Waals surface area contributed by atoms with Crippen LogP contribution in [0.15, 0.2) is 6.07 Å². The van der Waals surface area contributed by atoms with E-state index in [-0.39, 0.29) is 6.10 Å². The van der Waals surface area contributed by atoms with Gasteiger partial charge in [0.05, 0.1) is 6.10 Å². The molecule has 0 radical (unpaired) electrons. The number of nitrogens with one attached hydrogen (secondary N) is 1. The van der Waals surface area contributed by atoms with Gasteiger partial charge in [-0.1, -0.05) is 6.42 Å². The number of alkyl halides is 1. The van der Waals surface area contributed by atoms with Crippen LogP contribution in [0.25, 0.3) is 0 Å². The van der Waals surface area contributed by atoms with Crippen molar-refractivity contribution < 1.29 is 4.74 Å². The van der Waals surface area contributed by atoms with Gasteiger partial charge in [-0.3, -0.25) is 0 Å². The number of halogens is 1. The van der Waals surface area contributed by atoms with E-state index in [1.807, 2.05) is 26.8 Å². The predicted octanol–water partition coefficient (Wildman–Crippen LogP) is 3.64. The molecule has 0 aromatic carbocycles. The zero-order chi connectivity index (χ0) is 14.5. The van der Waals surface area contributed by atoms with Gasteiger partial charge in [0.1, 0.15) is 0 Å². The van der Waals surface area contributed by atoms with E-state index in [1.54, 1.807) is 0 Å². The second-order valence-corrected chi connectivity index (χ2v) is 6.13. The number of anilines is 1. The number of nitrogens with zero attached hydrogens (tertiary/aromatic N) is 2. The number of aryl methyl sites for hydroxylation is 1. The molecule has 1 fully saturated rings. The first-order valence-electron chi connectivity index (χ1n) is 7.40. The molecule has 0 aliphatic heterocycles. The largest absolute Gasteiger partial charge is 0.475 e. The average Bonchev–Trinajstić information content (AvgIpc) is 2.82. The number of rotatable bonds is 6. The Kier molecular flexibility index (Phi) is 5.46. The van der Waals surface area contributed by atoms with Crippen LogP contribution < -0.4 is 10.1 Å². The Morgan fingerprint density at radius 1 is 1.35 bits per heavy atom. The van der Waals surface area contributed by atoms with E-state index in [2.05, 4.69) is 15.3 Å². The molecule has 2 atom stereocenters. The standard InChI is InChI=1S/C15H24ClN3O/c1-10(2)20-14-7-11(3)18-15(19-14)17-9-13-6-4-5-12(13)8-16/h7,10,12-13H,4-6,8-9H2,1-3H3,(H,17,18,19). The molecule has 5 heteroatoms. The maximum absolute atomic E-state index is 6.01. The van der Waals surface area contributed by atoms with Gasteiger partial charge in [-0.05, 0) is 45.4 Å². The molecule has 1 aliphatic rings. The Hall–Kier alpha value is -1.03. The highest BCUT2D eigenvalue weighted by Crippen LogP contribution is 2.32. The van der Waals surface area contributed by atoms with Gasteiger partial charge < -0.3 is 10.1 Å². The Morgan fingerprint density at radius 3 is 2.80 bits per heavy atom. The topological polar surface area (TPSA) is 47.0 Å². The van der Waals surface area contributed by atoms with Crippen molar-refractivity contribution in [1.29, 1.82) is 0 Å². The summed E-state index contributed by atoms with van der Waals surface area (Å²) >= 11 is 6.01. The van der Waals surface area contributed by atoms with E-state index < -0.39 is 0 Å². The third-order valence-corrected chi connectivity index (χ3v) is 4.12. The van der Waals surface area contributed by atoms with E-state index in [0.29, 0.717) is 23.7 Å².